The smallest absolute Gasteiger partial charge is 0.401 e. The van der Waals surface area contributed by atoms with E-state index in [-0.39, 0.29) is 35.2 Å². The zero-order valence-corrected chi connectivity index (χ0v) is 20.7. The summed E-state index contributed by atoms with van der Waals surface area (Å²) < 4.78 is 77.1. The summed E-state index contributed by atoms with van der Waals surface area (Å²) in [7, 11) is -3.89. The first-order valence-corrected chi connectivity index (χ1v) is 13.6. The van der Waals surface area contributed by atoms with Crippen molar-refractivity contribution in [3.05, 3.63) is 66.0 Å². The molecule has 1 N–H and O–H groups in total. The Kier molecular flexibility index (Phi) is 6.90. The Morgan fingerprint density at radius 2 is 1.92 bits per heavy atom. The normalized spacial score (nSPS) is 21.5. The fourth-order valence-electron chi connectivity index (χ4n) is 4.85. The van der Waals surface area contributed by atoms with Gasteiger partial charge in [0.25, 0.3) is 10.0 Å². The van der Waals surface area contributed by atoms with Gasteiger partial charge < -0.3 is 4.74 Å². The number of fused-ring (bicyclic) bond motifs is 1. The predicted octanol–water partition coefficient (Wildman–Crippen LogP) is 4.08. The Morgan fingerprint density at radius 3 is 2.64 bits per heavy atom. The number of nitrogens with zero attached hydrogens (tertiary/aromatic N) is 4. The van der Waals surface area contributed by atoms with Crippen LogP contribution in [0.1, 0.15) is 29.6 Å². The Labute approximate surface area is 210 Å². The van der Waals surface area contributed by atoms with Crippen LogP contribution >= 0.6 is 11.5 Å². The maximum absolute atomic E-state index is 13.1. The lowest BCUT2D eigenvalue weighted by Crippen LogP contribution is -2.52. The molecular weight excluding hydrogens is 515 g/mol. The summed E-state index contributed by atoms with van der Waals surface area (Å²) in [4.78, 5) is 7.56. The highest BCUT2D eigenvalue weighted by Gasteiger charge is 2.39. The van der Waals surface area contributed by atoms with E-state index in [1.165, 1.54) is 23.4 Å². The van der Waals surface area contributed by atoms with Crippen LogP contribution in [0.25, 0.3) is 0 Å². The van der Waals surface area contributed by atoms with Crippen LogP contribution in [-0.2, 0) is 10.0 Å². The number of hydrogen-bond donors (Lipinski definition) is 1. The third-order valence-electron chi connectivity index (χ3n) is 6.38. The SMILES string of the molecule is O=S(=O)(Nc1ncns1)c1ccc2c(c1)OCC[C@@H]2N1CCN(CC(F)(F)F)C[C@H]1c1ccccc1. The fraction of sp³-hybridized carbons (Fsp3) is 0.391. The number of ether oxygens (including phenoxy) is 1. The number of aromatic nitrogens is 2. The van der Waals surface area contributed by atoms with Gasteiger partial charge in [-0.25, -0.2) is 13.4 Å². The molecule has 192 valence electrons. The summed E-state index contributed by atoms with van der Waals surface area (Å²) in [5, 5.41) is 0.161. The standard InChI is InChI=1S/C23H24F3N5O3S2/c24-23(25,26)14-30-9-10-31(20(13-30)16-4-2-1-3-5-16)19-8-11-34-21-12-17(6-7-18(19)21)36(32,33)29-22-27-15-28-35-22/h1-7,12,15,19-20H,8-11,13-14H2,(H,27,28,29)/t19-,20-/m0/s1. The van der Waals surface area contributed by atoms with Gasteiger partial charge in [0.05, 0.1) is 18.0 Å². The molecule has 0 saturated carbocycles. The molecule has 1 saturated heterocycles. The first-order chi connectivity index (χ1) is 17.2. The summed E-state index contributed by atoms with van der Waals surface area (Å²) in [6.07, 6.45) is -2.36. The number of benzene rings is 2. The van der Waals surface area contributed by atoms with Crippen LogP contribution in [0.5, 0.6) is 5.75 Å². The quantitative estimate of drug-likeness (QED) is 0.505. The van der Waals surface area contributed by atoms with Gasteiger partial charge in [0.1, 0.15) is 12.1 Å². The van der Waals surface area contributed by atoms with Crippen molar-refractivity contribution in [2.24, 2.45) is 0 Å². The van der Waals surface area contributed by atoms with Crippen molar-refractivity contribution in [2.45, 2.75) is 29.6 Å². The lowest BCUT2D eigenvalue weighted by atomic mass is 9.93. The van der Waals surface area contributed by atoms with E-state index in [0.29, 0.717) is 25.3 Å². The van der Waals surface area contributed by atoms with Crippen LogP contribution in [0.4, 0.5) is 18.3 Å². The predicted molar refractivity (Wildman–Crippen MR) is 128 cm³/mol. The summed E-state index contributed by atoms with van der Waals surface area (Å²) in [5.41, 5.74) is 1.76. The number of piperazine rings is 1. The third-order valence-corrected chi connectivity index (χ3v) is 8.43. The molecule has 0 aliphatic carbocycles. The van der Waals surface area contributed by atoms with Crippen molar-refractivity contribution in [2.75, 3.05) is 37.5 Å². The fourth-order valence-corrected chi connectivity index (χ4v) is 6.53. The molecule has 0 bridgehead atoms. The van der Waals surface area contributed by atoms with Gasteiger partial charge in [-0.2, -0.15) is 17.5 Å². The molecule has 2 aromatic carbocycles. The maximum atomic E-state index is 13.1. The summed E-state index contributed by atoms with van der Waals surface area (Å²) in [6, 6.07) is 13.9. The Morgan fingerprint density at radius 1 is 1.11 bits per heavy atom. The van der Waals surface area contributed by atoms with Gasteiger partial charge in [0.2, 0.25) is 5.13 Å². The average Bonchev–Trinajstić information content (AvgIpc) is 3.35. The van der Waals surface area contributed by atoms with E-state index in [1.807, 2.05) is 30.3 Å². The van der Waals surface area contributed by atoms with Crippen molar-refractivity contribution in [3.63, 3.8) is 0 Å². The van der Waals surface area contributed by atoms with Crippen molar-refractivity contribution in [1.29, 1.82) is 0 Å². The second-order valence-corrected chi connectivity index (χ2v) is 11.2. The van der Waals surface area contributed by atoms with Crippen molar-refractivity contribution >= 4 is 26.7 Å². The Bertz CT molecular complexity index is 1290. The second kappa shape index (κ2) is 9.96. The summed E-state index contributed by atoms with van der Waals surface area (Å²) in [5.74, 6) is 0.455. The molecule has 2 atom stereocenters. The number of alkyl halides is 3. The van der Waals surface area contributed by atoms with Crippen molar-refractivity contribution in [1.82, 2.24) is 19.2 Å². The van der Waals surface area contributed by atoms with Gasteiger partial charge in [-0.1, -0.05) is 36.4 Å². The van der Waals surface area contributed by atoms with Crippen LogP contribution in [0.2, 0.25) is 0 Å². The average molecular weight is 540 g/mol. The molecule has 1 aromatic heterocycles. The largest absolute Gasteiger partial charge is 0.493 e. The van der Waals surface area contributed by atoms with E-state index in [4.69, 9.17) is 4.74 Å². The molecule has 8 nitrogen and oxygen atoms in total. The first-order valence-electron chi connectivity index (χ1n) is 11.4. The van der Waals surface area contributed by atoms with Gasteiger partial charge in [0.15, 0.2) is 0 Å². The van der Waals surface area contributed by atoms with E-state index >= 15 is 0 Å². The number of rotatable bonds is 6. The summed E-state index contributed by atoms with van der Waals surface area (Å²) >= 11 is 0.930. The van der Waals surface area contributed by atoms with Crippen LogP contribution in [0, 0.1) is 0 Å². The van der Waals surface area contributed by atoms with Crippen molar-refractivity contribution in [3.8, 4) is 5.75 Å². The minimum atomic E-state index is -4.26. The highest BCUT2D eigenvalue weighted by atomic mass is 32.2. The van der Waals surface area contributed by atoms with Crippen molar-refractivity contribution < 1.29 is 26.3 Å². The highest BCUT2D eigenvalue weighted by Crippen LogP contribution is 2.42. The number of anilines is 1. The van der Waals surface area contributed by atoms with Crippen LogP contribution in [0.15, 0.2) is 59.8 Å². The van der Waals surface area contributed by atoms with Gasteiger partial charge >= 0.3 is 6.18 Å². The molecule has 13 heteroatoms. The van der Waals surface area contributed by atoms with E-state index in [2.05, 4.69) is 19.0 Å². The van der Waals surface area contributed by atoms with Gasteiger partial charge in [-0.15, -0.1) is 0 Å². The molecule has 5 rings (SSSR count). The van der Waals surface area contributed by atoms with Crippen LogP contribution < -0.4 is 9.46 Å². The van der Waals surface area contributed by atoms with E-state index in [1.54, 1.807) is 6.07 Å². The third kappa shape index (κ3) is 5.48. The maximum Gasteiger partial charge on any atom is 0.401 e. The molecule has 2 aliphatic rings. The molecule has 0 amide bonds. The number of halogens is 3. The first kappa shape index (κ1) is 24.9. The van der Waals surface area contributed by atoms with E-state index in [0.717, 1.165) is 22.7 Å². The van der Waals surface area contributed by atoms with Crippen LogP contribution in [-0.4, -0.2) is 66.5 Å². The molecule has 36 heavy (non-hydrogen) atoms. The monoisotopic (exact) mass is 539 g/mol. The lowest BCUT2D eigenvalue weighted by Gasteiger charge is -2.47. The lowest BCUT2D eigenvalue weighted by molar-refractivity contribution is -0.153. The number of hydrogen-bond acceptors (Lipinski definition) is 8. The topological polar surface area (TPSA) is 87.7 Å². The molecule has 0 spiro atoms. The molecule has 3 heterocycles. The van der Waals surface area contributed by atoms with Gasteiger partial charge in [-0.3, -0.25) is 14.5 Å². The Hall–Kier alpha value is -2.74. The molecule has 0 radical (unpaired) electrons. The number of nitrogens with one attached hydrogen (secondary N) is 1. The zero-order chi connectivity index (χ0) is 25.3. The minimum absolute atomic E-state index is 0.0340. The molecule has 2 aliphatic heterocycles. The van der Waals surface area contributed by atoms with Gasteiger partial charge in [0, 0.05) is 61.3 Å². The summed E-state index contributed by atoms with van der Waals surface area (Å²) in [6.45, 7) is 0.396. The molecule has 0 unspecified atom stereocenters. The van der Waals surface area contributed by atoms with Crippen LogP contribution in [0.3, 0.4) is 0 Å². The van der Waals surface area contributed by atoms with E-state index in [9.17, 15) is 21.6 Å². The second-order valence-electron chi connectivity index (χ2n) is 8.72. The zero-order valence-electron chi connectivity index (χ0n) is 19.1. The Balaban J connectivity index is 1.43. The number of sulfonamides is 1. The molecule has 1 fully saturated rings. The highest BCUT2D eigenvalue weighted by molar-refractivity contribution is 7.93. The molecule has 3 aromatic rings. The molecular formula is C23H24F3N5O3S2. The minimum Gasteiger partial charge on any atom is -0.493 e. The van der Waals surface area contributed by atoms with Gasteiger partial charge in [-0.05, 0) is 11.6 Å². The van der Waals surface area contributed by atoms with E-state index < -0.39 is 22.7 Å².